The van der Waals surface area contributed by atoms with E-state index in [0.717, 1.165) is 12.8 Å². The average molecular weight is 280 g/mol. The molecule has 5 heteroatoms. The summed E-state index contributed by atoms with van der Waals surface area (Å²) in [4.78, 5) is 22.2. The van der Waals surface area contributed by atoms with Crippen LogP contribution in [0.1, 0.15) is 57.4 Å². The van der Waals surface area contributed by atoms with E-state index in [1.807, 2.05) is 0 Å². The van der Waals surface area contributed by atoms with Crippen LogP contribution in [0.4, 0.5) is 5.69 Å². The van der Waals surface area contributed by atoms with E-state index in [1.54, 1.807) is 6.92 Å². The fraction of sp³-hybridized carbons (Fsp3) is 0.667. The lowest BCUT2D eigenvalue weighted by molar-refractivity contribution is -0.385. The third kappa shape index (κ3) is 5.15. The minimum absolute atomic E-state index is 0.00922. The number of pyridine rings is 1. The van der Waals surface area contributed by atoms with Gasteiger partial charge in [-0.1, -0.05) is 45.4 Å². The van der Waals surface area contributed by atoms with Crippen molar-refractivity contribution in [2.24, 2.45) is 0 Å². The summed E-state index contributed by atoms with van der Waals surface area (Å²) < 4.78 is 1.47. The van der Waals surface area contributed by atoms with E-state index in [0.29, 0.717) is 12.1 Å². The lowest BCUT2D eigenvalue weighted by atomic mass is 10.1. The number of aromatic nitrogens is 1. The zero-order valence-corrected chi connectivity index (χ0v) is 12.4. The van der Waals surface area contributed by atoms with Gasteiger partial charge in [0, 0.05) is 18.2 Å². The maximum Gasteiger partial charge on any atom is 0.286 e. The van der Waals surface area contributed by atoms with E-state index < -0.39 is 4.92 Å². The molecule has 0 aliphatic rings. The Bertz CT molecular complexity index is 494. The van der Waals surface area contributed by atoms with E-state index in [9.17, 15) is 14.9 Å². The first-order valence-corrected chi connectivity index (χ1v) is 7.41. The van der Waals surface area contributed by atoms with E-state index in [1.165, 1.54) is 48.9 Å². The topological polar surface area (TPSA) is 65.1 Å². The van der Waals surface area contributed by atoms with Crippen molar-refractivity contribution in [3.05, 3.63) is 38.3 Å². The molecular weight excluding hydrogens is 256 g/mol. The van der Waals surface area contributed by atoms with E-state index in [-0.39, 0.29) is 11.2 Å². The highest BCUT2D eigenvalue weighted by Crippen LogP contribution is 2.11. The summed E-state index contributed by atoms with van der Waals surface area (Å²) in [5.74, 6) is 0. The Morgan fingerprint density at radius 1 is 1.15 bits per heavy atom. The van der Waals surface area contributed by atoms with Crippen molar-refractivity contribution in [3.63, 3.8) is 0 Å². The summed E-state index contributed by atoms with van der Waals surface area (Å²) in [6, 6.07) is 1.34. The Hall–Kier alpha value is -1.65. The second-order valence-electron chi connectivity index (χ2n) is 5.26. The molecule has 112 valence electrons. The van der Waals surface area contributed by atoms with Crippen LogP contribution in [0.5, 0.6) is 0 Å². The van der Waals surface area contributed by atoms with Crippen LogP contribution >= 0.6 is 0 Å². The molecule has 1 rings (SSSR count). The van der Waals surface area contributed by atoms with E-state index in [4.69, 9.17) is 0 Å². The number of rotatable bonds is 9. The summed E-state index contributed by atoms with van der Waals surface area (Å²) in [6.45, 7) is 4.38. The van der Waals surface area contributed by atoms with Gasteiger partial charge in [-0.05, 0) is 13.3 Å². The number of nitrogens with zero attached hydrogens (tertiary/aromatic N) is 2. The lowest BCUT2D eigenvalue weighted by Crippen LogP contribution is -2.22. The molecule has 0 N–H and O–H groups in total. The molecular formula is C15H24N2O3. The van der Waals surface area contributed by atoms with Gasteiger partial charge in [-0.2, -0.15) is 0 Å². The summed E-state index contributed by atoms with van der Waals surface area (Å²) >= 11 is 0. The largest absolute Gasteiger partial charge is 0.309 e. The van der Waals surface area contributed by atoms with E-state index >= 15 is 0 Å². The van der Waals surface area contributed by atoms with Crippen molar-refractivity contribution in [3.8, 4) is 0 Å². The fourth-order valence-corrected chi connectivity index (χ4v) is 2.27. The van der Waals surface area contributed by atoms with Gasteiger partial charge in [0.15, 0.2) is 0 Å². The molecule has 0 aliphatic carbocycles. The Morgan fingerprint density at radius 2 is 1.75 bits per heavy atom. The van der Waals surface area contributed by atoms with Crippen LogP contribution < -0.4 is 5.56 Å². The molecule has 0 radical (unpaired) electrons. The van der Waals surface area contributed by atoms with Gasteiger partial charge >= 0.3 is 0 Å². The third-order valence-corrected chi connectivity index (χ3v) is 3.46. The molecule has 0 bridgehead atoms. The van der Waals surface area contributed by atoms with Crippen molar-refractivity contribution in [2.75, 3.05) is 0 Å². The smallest absolute Gasteiger partial charge is 0.286 e. The second-order valence-corrected chi connectivity index (χ2v) is 5.26. The minimum Gasteiger partial charge on any atom is -0.309 e. The summed E-state index contributed by atoms with van der Waals surface area (Å²) in [6.07, 6.45) is 9.51. The second kappa shape index (κ2) is 8.51. The molecule has 0 saturated heterocycles. The molecule has 1 heterocycles. The number of hydrogen-bond acceptors (Lipinski definition) is 3. The normalized spacial score (nSPS) is 10.7. The highest BCUT2D eigenvalue weighted by Gasteiger charge is 2.10. The highest BCUT2D eigenvalue weighted by atomic mass is 16.6. The maximum absolute atomic E-state index is 11.9. The molecule has 0 unspecified atom stereocenters. The van der Waals surface area contributed by atoms with Crippen LogP contribution in [0.2, 0.25) is 0 Å². The number of hydrogen-bond donors (Lipinski definition) is 0. The van der Waals surface area contributed by atoms with Gasteiger partial charge in [-0.3, -0.25) is 14.9 Å². The molecule has 20 heavy (non-hydrogen) atoms. The van der Waals surface area contributed by atoms with Gasteiger partial charge in [-0.15, -0.1) is 0 Å². The van der Waals surface area contributed by atoms with Gasteiger partial charge in [0.1, 0.15) is 0 Å². The van der Waals surface area contributed by atoms with Crippen molar-refractivity contribution < 1.29 is 4.92 Å². The van der Waals surface area contributed by atoms with Gasteiger partial charge in [0.25, 0.3) is 11.2 Å². The third-order valence-electron chi connectivity index (χ3n) is 3.46. The van der Waals surface area contributed by atoms with Crippen LogP contribution in [-0.2, 0) is 6.54 Å². The van der Waals surface area contributed by atoms with Crippen LogP contribution in [0.3, 0.4) is 0 Å². The predicted octanol–water partition coefficient (Wildman–Crippen LogP) is 3.82. The molecule has 1 aromatic rings. The summed E-state index contributed by atoms with van der Waals surface area (Å²) in [5, 5.41) is 10.8. The Labute approximate surface area is 119 Å². The fourth-order valence-electron chi connectivity index (χ4n) is 2.27. The maximum atomic E-state index is 11.9. The highest BCUT2D eigenvalue weighted by molar-refractivity contribution is 5.30. The number of unbranched alkanes of at least 4 members (excludes halogenated alkanes) is 6. The Morgan fingerprint density at radius 3 is 2.35 bits per heavy atom. The molecule has 0 atom stereocenters. The van der Waals surface area contributed by atoms with Crippen LogP contribution in [0.15, 0.2) is 17.1 Å². The predicted molar refractivity (Wildman–Crippen MR) is 80.1 cm³/mol. The number of aryl methyl sites for hydroxylation is 2. The molecule has 0 amide bonds. The first-order chi connectivity index (χ1) is 9.56. The monoisotopic (exact) mass is 280 g/mol. The molecule has 0 aliphatic heterocycles. The van der Waals surface area contributed by atoms with E-state index in [2.05, 4.69) is 6.92 Å². The van der Waals surface area contributed by atoms with Crippen LogP contribution in [0, 0.1) is 17.0 Å². The lowest BCUT2D eigenvalue weighted by Gasteiger charge is -2.07. The molecule has 0 spiro atoms. The standard InChI is InChI=1S/C15H24N2O3/c1-3-4-5-6-7-8-9-10-16-12-14(17(19)20)11-13(2)15(16)18/h11-12H,3-10H2,1-2H3. The first-order valence-electron chi connectivity index (χ1n) is 7.41. The summed E-state index contributed by atoms with van der Waals surface area (Å²) in [7, 11) is 0. The Kier molecular flexibility index (Phi) is 6.98. The minimum atomic E-state index is -0.451. The molecule has 0 fully saturated rings. The molecule has 0 aromatic carbocycles. The first kappa shape index (κ1) is 16.4. The van der Waals surface area contributed by atoms with Gasteiger partial charge in [-0.25, -0.2) is 0 Å². The SMILES string of the molecule is CCCCCCCCCn1cc([N+](=O)[O-])cc(C)c1=O. The molecule has 0 saturated carbocycles. The van der Waals surface area contributed by atoms with Crippen molar-refractivity contribution in [1.29, 1.82) is 0 Å². The molecule has 5 nitrogen and oxygen atoms in total. The average Bonchev–Trinajstić information content (AvgIpc) is 2.41. The van der Waals surface area contributed by atoms with Gasteiger partial charge < -0.3 is 4.57 Å². The summed E-state index contributed by atoms with van der Waals surface area (Å²) in [5.41, 5.74) is 0.300. The zero-order valence-electron chi connectivity index (χ0n) is 12.4. The quantitative estimate of drug-likeness (QED) is 0.392. The van der Waals surface area contributed by atoms with Crippen molar-refractivity contribution in [2.45, 2.75) is 65.3 Å². The van der Waals surface area contributed by atoms with Crippen molar-refractivity contribution >= 4 is 5.69 Å². The Balaban J connectivity index is 2.47. The molecule has 1 aromatic heterocycles. The van der Waals surface area contributed by atoms with Crippen LogP contribution in [0.25, 0.3) is 0 Å². The van der Waals surface area contributed by atoms with Crippen molar-refractivity contribution in [1.82, 2.24) is 4.57 Å². The van der Waals surface area contributed by atoms with Gasteiger partial charge in [0.2, 0.25) is 0 Å². The van der Waals surface area contributed by atoms with Crippen LogP contribution in [-0.4, -0.2) is 9.49 Å². The zero-order chi connectivity index (χ0) is 15.0. The number of nitro groups is 1. The van der Waals surface area contributed by atoms with Gasteiger partial charge in [0.05, 0.1) is 11.1 Å².